The van der Waals surface area contributed by atoms with E-state index in [0.29, 0.717) is 5.56 Å². The van der Waals surface area contributed by atoms with Gasteiger partial charge in [-0.25, -0.2) is 4.39 Å². The highest BCUT2D eigenvalue weighted by molar-refractivity contribution is 5.27. The lowest BCUT2D eigenvalue weighted by molar-refractivity contribution is -0.139. The Bertz CT molecular complexity index is 373. The zero-order valence-electron chi connectivity index (χ0n) is 9.74. The Hall–Kier alpha value is -1.10. The van der Waals surface area contributed by atoms with Crippen LogP contribution in [0.3, 0.4) is 0 Å². The van der Waals surface area contributed by atoms with E-state index in [9.17, 15) is 17.6 Å². The molecule has 0 radical (unpaired) electrons. The Morgan fingerprint density at radius 3 is 2.41 bits per heavy atom. The number of aryl methyl sites for hydroxylation is 1. The highest BCUT2D eigenvalue weighted by Gasteiger charge is 2.31. The molecular formula is C12H15F4N. The maximum Gasteiger partial charge on any atom is 0.390 e. The van der Waals surface area contributed by atoms with E-state index in [4.69, 9.17) is 0 Å². The molecule has 0 spiro atoms. The van der Waals surface area contributed by atoms with Gasteiger partial charge in [0.05, 0.1) is 6.42 Å². The van der Waals surface area contributed by atoms with Crippen molar-refractivity contribution in [2.45, 2.75) is 32.0 Å². The van der Waals surface area contributed by atoms with Crippen molar-refractivity contribution in [2.75, 3.05) is 7.05 Å². The van der Waals surface area contributed by atoms with E-state index in [1.54, 1.807) is 6.92 Å². The molecule has 0 aliphatic heterocycles. The maximum absolute atomic E-state index is 12.8. The van der Waals surface area contributed by atoms with Gasteiger partial charge in [0.1, 0.15) is 5.82 Å². The van der Waals surface area contributed by atoms with Crippen LogP contribution in [0.1, 0.15) is 17.5 Å². The van der Waals surface area contributed by atoms with Gasteiger partial charge in [-0.1, -0.05) is 6.07 Å². The monoisotopic (exact) mass is 249 g/mol. The summed E-state index contributed by atoms with van der Waals surface area (Å²) >= 11 is 0. The molecule has 1 nitrogen and oxygen atoms in total. The fourth-order valence-corrected chi connectivity index (χ4v) is 1.71. The molecule has 5 heteroatoms. The first-order valence-electron chi connectivity index (χ1n) is 5.31. The largest absolute Gasteiger partial charge is 0.390 e. The Morgan fingerprint density at radius 2 is 1.94 bits per heavy atom. The summed E-state index contributed by atoms with van der Waals surface area (Å²) in [7, 11) is 1.50. The molecule has 0 heterocycles. The zero-order valence-corrected chi connectivity index (χ0v) is 9.74. The Balaban J connectivity index is 2.74. The van der Waals surface area contributed by atoms with Crippen molar-refractivity contribution in [3.8, 4) is 0 Å². The summed E-state index contributed by atoms with van der Waals surface area (Å²) in [6, 6.07) is 3.45. The highest BCUT2D eigenvalue weighted by Crippen LogP contribution is 2.23. The van der Waals surface area contributed by atoms with Crippen molar-refractivity contribution in [1.82, 2.24) is 5.32 Å². The average molecular weight is 249 g/mol. The molecule has 1 atom stereocenters. The number of hydrogen-bond acceptors (Lipinski definition) is 1. The number of likely N-dealkylation sites (N-methyl/N-ethyl adjacent to an activating group) is 1. The van der Waals surface area contributed by atoms with Crippen molar-refractivity contribution < 1.29 is 17.6 Å². The molecule has 0 saturated carbocycles. The van der Waals surface area contributed by atoms with E-state index in [0.717, 1.165) is 5.56 Å². The minimum absolute atomic E-state index is 0.238. The van der Waals surface area contributed by atoms with Gasteiger partial charge in [0.25, 0.3) is 0 Å². The van der Waals surface area contributed by atoms with Crippen LogP contribution in [0.2, 0.25) is 0 Å². The molecule has 0 bridgehead atoms. The normalized spacial score (nSPS) is 13.8. The maximum atomic E-state index is 12.8. The number of halogens is 4. The summed E-state index contributed by atoms with van der Waals surface area (Å²) in [5.41, 5.74) is 1.41. The van der Waals surface area contributed by atoms with E-state index in [2.05, 4.69) is 5.32 Å². The first-order valence-corrected chi connectivity index (χ1v) is 5.31. The van der Waals surface area contributed by atoms with Crippen LogP contribution in [0.15, 0.2) is 18.2 Å². The van der Waals surface area contributed by atoms with Gasteiger partial charge in [0.15, 0.2) is 0 Å². The van der Waals surface area contributed by atoms with Crippen molar-refractivity contribution in [2.24, 2.45) is 0 Å². The van der Waals surface area contributed by atoms with Crippen LogP contribution in [0.5, 0.6) is 0 Å². The average Bonchev–Trinajstić information content (AvgIpc) is 2.19. The number of benzene rings is 1. The fourth-order valence-electron chi connectivity index (χ4n) is 1.71. The molecule has 1 aromatic rings. The van der Waals surface area contributed by atoms with Crippen LogP contribution in [-0.2, 0) is 6.42 Å². The molecule has 96 valence electrons. The molecule has 0 fully saturated rings. The number of hydrogen-bond donors (Lipinski definition) is 1. The minimum atomic E-state index is -4.19. The molecule has 0 aliphatic rings. The van der Waals surface area contributed by atoms with E-state index >= 15 is 0 Å². The Morgan fingerprint density at radius 1 is 1.29 bits per heavy atom. The van der Waals surface area contributed by atoms with Crippen LogP contribution in [-0.4, -0.2) is 19.3 Å². The molecule has 1 rings (SSSR count). The molecule has 0 amide bonds. The molecule has 1 N–H and O–H groups in total. The summed E-state index contributed by atoms with van der Waals surface area (Å²) in [5, 5.41) is 2.64. The summed E-state index contributed by atoms with van der Waals surface area (Å²) in [6.45, 7) is 1.69. The predicted octanol–water partition coefficient (Wildman–Crippen LogP) is 3.22. The van der Waals surface area contributed by atoms with Crippen molar-refractivity contribution >= 4 is 0 Å². The third-order valence-electron chi connectivity index (χ3n) is 2.66. The Kier molecular flexibility index (Phi) is 4.51. The lowest BCUT2D eigenvalue weighted by atomic mass is 9.99. The number of alkyl halides is 3. The number of nitrogens with one attached hydrogen (secondary N) is 1. The van der Waals surface area contributed by atoms with Crippen LogP contribution >= 0.6 is 0 Å². The summed E-state index contributed by atoms with van der Waals surface area (Å²) in [6.07, 6.45) is -4.84. The first-order chi connectivity index (χ1) is 7.81. The topological polar surface area (TPSA) is 12.0 Å². The van der Waals surface area contributed by atoms with Gasteiger partial charge >= 0.3 is 6.18 Å². The fraction of sp³-hybridized carbons (Fsp3) is 0.500. The third-order valence-corrected chi connectivity index (χ3v) is 2.66. The van der Waals surface area contributed by atoms with E-state index in [1.165, 1.54) is 25.2 Å². The minimum Gasteiger partial charge on any atom is -0.316 e. The lowest BCUT2D eigenvalue weighted by Crippen LogP contribution is -2.33. The SMILES string of the molecule is CNC(Cc1ccc(F)cc1C)CC(F)(F)F. The molecule has 1 aromatic carbocycles. The van der Waals surface area contributed by atoms with E-state index in [-0.39, 0.29) is 12.2 Å². The van der Waals surface area contributed by atoms with Gasteiger partial charge < -0.3 is 5.32 Å². The van der Waals surface area contributed by atoms with E-state index in [1.807, 2.05) is 0 Å². The van der Waals surface area contributed by atoms with Gasteiger partial charge in [-0.15, -0.1) is 0 Å². The number of rotatable bonds is 4. The summed E-state index contributed by atoms with van der Waals surface area (Å²) in [5.74, 6) is -0.372. The van der Waals surface area contributed by atoms with Crippen LogP contribution in [0.4, 0.5) is 17.6 Å². The van der Waals surface area contributed by atoms with Gasteiger partial charge in [-0.3, -0.25) is 0 Å². The van der Waals surface area contributed by atoms with Gasteiger partial charge in [0.2, 0.25) is 0 Å². The van der Waals surface area contributed by atoms with Crippen molar-refractivity contribution in [3.63, 3.8) is 0 Å². The first kappa shape index (κ1) is 14.0. The molecular weight excluding hydrogens is 234 g/mol. The standard InChI is InChI=1S/C12H15F4N/c1-8-5-10(13)4-3-9(8)6-11(17-2)7-12(14,15)16/h3-5,11,17H,6-7H2,1-2H3. The highest BCUT2D eigenvalue weighted by atomic mass is 19.4. The zero-order chi connectivity index (χ0) is 13.1. The van der Waals surface area contributed by atoms with Gasteiger partial charge in [-0.05, 0) is 43.7 Å². The van der Waals surface area contributed by atoms with Crippen molar-refractivity contribution in [3.05, 3.63) is 35.1 Å². The van der Waals surface area contributed by atoms with Crippen LogP contribution < -0.4 is 5.32 Å². The smallest absolute Gasteiger partial charge is 0.316 e. The molecule has 1 unspecified atom stereocenters. The second-order valence-electron chi connectivity index (χ2n) is 4.08. The summed E-state index contributed by atoms with van der Waals surface area (Å²) < 4.78 is 49.6. The molecule has 0 aromatic heterocycles. The van der Waals surface area contributed by atoms with Gasteiger partial charge in [0, 0.05) is 6.04 Å². The quantitative estimate of drug-likeness (QED) is 0.808. The van der Waals surface area contributed by atoms with Crippen LogP contribution in [0.25, 0.3) is 0 Å². The van der Waals surface area contributed by atoms with Crippen molar-refractivity contribution in [1.29, 1.82) is 0 Å². The molecule has 17 heavy (non-hydrogen) atoms. The lowest BCUT2D eigenvalue weighted by Gasteiger charge is -2.19. The molecule has 0 aliphatic carbocycles. The Labute approximate surface area is 97.8 Å². The molecule has 0 saturated heterocycles. The second kappa shape index (κ2) is 5.49. The predicted molar refractivity (Wildman–Crippen MR) is 58.4 cm³/mol. The summed E-state index contributed by atoms with van der Waals surface area (Å²) in [4.78, 5) is 0. The second-order valence-corrected chi connectivity index (χ2v) is 4.08. The third kappa shape index (κ3) is 4.73. The van der Waals surface area contributed by atoms with E-state index < -0.39 is 18.6 Å². The van der Waals surface area contributed by atoms with Gasteiger partial charge in [-0.2, -0.15) is 13.2 Å². The van der Waals surface area contributed by atoms with Crippen LogP contribution in [0, 0.1) is 12.7 Å².